The average molecular weight is 453 g/mol. The van der Waals surface area contributed by atoms with Crippen LogP contribution in [0.3, 0.4) is 0 Å². The smallest absolute Gasteiger partial charge is 0.398 e. The van der Waals surface area contributed by atoms with Crippen molar-refractivity contribution in [3.05, 3.63) is 47.8 Å². The quantitative estimate of drug-likeness (QED) is 0.444. The molecule has 1 fully saturated rings. The Morgan fingerprint density at radius 1 is 1.33 bits per heavy atom. The summed E-state index contributed by atoms with van der Waals surface area (Å²) in [4.78, 5) is 36.1. The predicted molar refractivity (Wildman–Crippen MR) is 119 cm³/mol. The van der Waals surface area contributed by atoms with E-state index in [1.165, 1.54) is 6.07 Å². The maximum Gasteiger partial charge on any atom is 0.398 e. The molecule has 0 saturated carbocycles. The second-order valence-electron chi connectivity index (χ2n) is 8.31. The molecule has 1 saturated heterocycles. The highest BCUT2D eigenvalue weighted by Gasteiger charge is 2.39. The van der Waals surface area contributed by atoms with Crippen LogP contribution >= 0.6 is 0 Å². The minimum Gasteiger partial charge on any atom is -0.434 e. The zero-order valence-electron chi connectivity index (χ0n) is 18.3. The maximum absolute atomic E-state index is 14.9. The zero-order valence-corrected chi connectivity index (χ0v) is 18.3. The van der Waals surface area contributed by atoms with Gasteiger partial charge in [-0.1, -0.05) is 0 Å². The van der Waals surface area contributed by atoms with Gasteiger partial charge in [-0.05, 0) is 26.5 Å². The number of esters is 1. The number of nitrogens with zero attached hydrogens (tertiary/aromatic N) is 5. The summed E-state index contributed by atoms with van der Waals surface area (Å²) in [7, 11) is 1.94. The molecule has 172 valence electrons. The molecular weight excluding hydrogens is 429 g/mol. The highest BCUT2D eigenvalue weighted by atomic mass is 19.1. The summed E-state index contributed by atoms with van der Waals surface area (Å²) in [6.07, 6.45) is 5.45. The van der Waals surface area contributed by atoms with Crippen molar-refractivity contribution in [2.45, 2.75) is 32.0 Å². The van der Waals surface area contributed by atoms with Crippen LogP contribution in [0.25, 0.3) is 5.65 Å². The number of likely N-dealkylation sites (N-methyl/N-ethyl adjacent to an activating group) is 1. The van der Waals surface area contributed by atoms with Crippen molar-refractivity contribution in [1.29, 1.82) is 0 Å². The number of carbonyl (C=O) groups excluding carboxylic acids is 2. The molecular formula is C22H24FN7O3. The minimum atomic E-state index is -1.19. The second kappa shape index (κ2) is 8.00. The lowest BCUT2D eigenvalue weighted by molar-refractivity contribution is -0.157. The van der Waals surface area contributed by atoms with Crippen LogP contribution in [0, 0.1) is 12.7 Å². The number of halogens is 1. The molecule has 1 amide bonds. The van der Waals surface area contributed by atoms with Crippen molar-refractivity contribution in [3.8, 4) is 0 Å². The number of primary amides is 1. The van der Waals surface area contributed by atoms with E-state index < -0.39 is 23.9 Å². The fourth-order valence-corrected chi connectivity index (χ4v) is 4.65. The third-order valence-corrected chi connectivity index (χ3v) is 6.18. The van der Waals surface area contributed by atoms with Crippen molar-refractivity contribution in [2.75, 3.05) is 29.9 Å². The monoisotopic (exact) mass is 453 g/mol. The van der Waals surface area contributed by atoms with E-state index in [1.807, 2.05) is 13.1 Å². The molecule has 3 aromatic rings. The number of carbonyl (C=O) groups is 2. The molecule has 0 aliphatic carbocycles. The number of nitrogens with one attached hydrogen (secondary N) is 1. The topological polar surface area (TPSA) is 118 Å². The van der Waals surface area contributed by atoms with Gasteiger partial charge in [-0.3, -0.25) is 9.69 Å². The molecule has 3 aromatic heterocycles. The molecule has 10 nitrogen and oxygen atoms in total. The summed E-state index contributed by atoms with van der Waals surface area (Å²) in [5.74, 6) is -2.34. The lowest BCUT2D eigenvalue weighted by atomic mass is 10.1. The molecule has 1 unspecified atom stereocenters. The molecule has 0 bridgehead atoms. The van der Waals surface area contributed by atoms with Crippen LogP contribution in [0.1, 0.15) is 17.7 Å². The van der Waals surface area contributed by atoms with E-state index in [0.717, 1.165) is 30.8 Å². The number of aromatic nitrogens is 3. The number of hydrogen-bond donors (Lipinski definition) is 2. The highest BCUT2D eigenvalue weighted by molar-refractivity contribution is 6.31. The molecule has 5 rings (SSSR count). The largest absolute Gasteiger partial charge is 0.434 e. The van der Waals surface area contributed by atoms with E-state index >= 15 is 0 Å². The summed E-state index contributed by atoms with van der Waals surface area (Å²) in [6, 6.07) is 3.62. The third-order valence-electron chi connectivity index (χ3n) is 6.18. The van der Waals surface area contributed by atoms with Gasteiger partial charge in [0, 0.05) is 61.5 Å². The molecule has 0 spiro atoms. The summed E-state index contributed by atoms with van der Waals surface area (Å²) in [6.45, 7) is 3.47. The lowest BCUT2D eigenvalue weighted by Gasteiger charge is -2.26. The SMILES string of the molecule is CN[C@H]1CCN(c2ccnc3c2CC(OC(=O)C(N)=O)N3c2cc(F)c3nc(C)cn3c2)C1. The number of amides is 1. The van der Waals surface area contributed by atoms with E-state index in [-0.39, 0.29) is 12.1 Å². The first-order chi connectivity index (χ1) is 15.9. The summed E-state index contributed by atoms with van der Waals surface area (Å²) in [5.41, 5.74) is 8.23. The van der Waals surface area contributed by atoms with E-state index in [0.29, 0.717) is 23.2 Å². The number of imidazole rings is 1. The molecule has 5 heterocycles. The molecule has 33 heavy (non-hydrogen) atoms. The number of aryl methyl sites for hydroxylation is 1. The maximum atomic E-state index is 14.9. The first-order valence-electron chi connectivity index (χ1n) is 10.7. The van der Waals surface area contributed by atoms with E-state index in [2.05, 4.69) is 20.2 Å². The van der Waals surface area contributed by atoms with Crippen molar-refractivity contribution >= 4 is 34.7 Å². The minimum absolute atomic E-state index is 0.193. The third kappa shape index (κ3) is 3.63. The van der Waals surface area contributed by atoms with Gasteiger partial charge in [0.15, 0.2) is 17.7 Å². The standard InChI is InChI=1S/C22H24FN7O3/c1-12-9-29-11-14(7-16(23)21(29)27-12)30-18(33-22(32)19(24)31)8-15-17(3-5-26-20(15)30)28-6-4-13(10-28)25-2/h3,5,7,9,11,13,18,25H,4,6,8,10H2,1-2H3,(H2,24,31)/t13-,18?/m0/s1. The van der Waals surface area contributed by atoms with Gasteiger partial charge >= 0.3 is 11.9 Å². The van der Waals surface area contributed by atoms with E-state index in [1.54, 1.807) is 34.8 Å². The van der Waals surface area contributed by atoms with Crippen LogP contribution in [0.4, 0.5) is 21.6 Å². The van der Waals surface area contributed by atoms with Gasteiger partial charge in [-0.15, -0.1) is 0 Å². The Hall–Kier alpha value is -3.73. The van der Waals surface area contributed by atoms with Crippen molar-refractivity contribution in [2.24, 2.45) is 5.73 Å². The van der Waals surface area contributed by atoms with Crippen LogP contribution < -0.4 is 20.9 Å². The normalized spacial score (nSPS) is 19.8. The van der Waals surface area contributed by atoms with E-state index in [9.17, 15) is 14.0 Å². The van der Waals surface area contributed by atoms with E-state index in [4.69, 9.17) is 10.5 Å². The van der Waals surface area contributed by atoms with Crippen LogP contribution in [0.15, 0.2) is 30.7 Å². The van der Waals surface area contributed by atoms with Crippen LogP contribution in [-0.4, -0.2) is 58.7 Å². The summed E-state index contributed by atoms with van der Waals surface area (Å²) >= 11 is 0. The molecule has 3 N–H and O–H groups in total. The second-order valence-corrected chi connectivity index (χ2v) is 8.31. The van der Waals surface area contributed by atoms with Crippen LogP contribution in [0.5, 0.6) is 0 Å². The van der Waals surface area contributed by atoms with Crippen molar-refractivity contribution in [1.82, 2.24) is 19.7 Å². The van der Waals surface area contributed by atoms with Gasteiger partial charge in [0.05, 0.1) is 11.4 Å². The number of hydrogen-bond acceptors (Lipinski definition) is 8. The Morgan fingerprint density at radius 3 is 2.88 bits per heavy atom. The van der Waals surface area contributed by atoms with Gasteiger partial charge in [-0.25, -0.2) is 19.2 Å². The average Bonchev–Trinajstić information content (AvgIpc) is 3.49. The van der Waals surface area contributed by atoms with Gasteiger partial charge in [0.2, 0.25) is 0 Å². The first-order valence-corrected chi connectivity index (χ1v) is 10.7. The Morgan fingerprint density at radius 2 is 2.15 bits per heavy atom. The molecule has 2 atom stereocenters. The van der Waals surface area contributed by atoms with Crippen molar-refractivity contribution in [3.63, 3.8) is 0 Å². The van der Waals surface area contributed by atoms with Gasteiger partial charge in [0.25, 0.3) is 0 Å². The predicted octanol–water partition coefficient (Wildman–Crippen LogP) is 1.02. The van der Waals surface area contributed by atoms with Crippen molar-refractivity contribution < 1.29 is 18.7 Å². The number of pyridine rings is 2. The molecule has 2 aliphatic rings. The Balaban J connectivity index is 1.60. The van der Waals surface area contributed by atoms with Crippen LogP contribution in [-0.2, 0) is 20.7 Å². The molecule has 0 radical (unpaired) electrons. The number of fused-ring (bicyclic) bond motifs is 2. The van der Waals surface area contributed by atoms with Crippen LogP contribution in [0.2, 0.25) is 0 Å². The number of nitrogens with two attached hydrogens (primary N) is 1. The lowest BCUT2D eigenvalue weighted by Crippen LogP contribution is -2.37. The fourth-order valence-electron chi connectivity index (χ4n) is 4.65. The molecule has 2 aliphatic heterocycles. The Bertz CT molecular complexity index is 1260. The number of anilines is 3. The summed E-state index contributed by atoms with van der Waals surface area (Å²) in [5, 5.41) is 3.30. The van der Waals surface area contributed by atoms with Gasteiger partial charge in [-0.2, -0.15) is 0 Å². The number of rotatable bonds is 4. The molecule has 0 aromatic carbocycles. The zero-order chi connectivity index (χ0) is 23.3. The van der Waals surface area contributed by atoms with Gasteiger partial charge < -0.3 is 25.1 Å². The van der Waals surface area contributed by atoms with Gasteiger partial charge in [0.1, 0.15) is 5.82 Å². The fraction of sp³-hybridized carbons (Fsp3) is 0.364. The Kier molecular flexibility index (Phi) is 5.12. The first kappa shape index (κ1) is 21.1. The molecule has 11 heteroatoms. The summed E-state index contributed by atoms with van der Waals surface area (Å²) < 4.78 is 21.9. The number of ether oxygens (including phenoxy) is 1. The Labute approximate surface area is 189 Å². The highest BCUT2D eigenvalue weighted by Crippen LogP contribution is 2.42.